The molecule has 1 fully saturated rings. The Balaban J connectivity index is 1.71. The molecule has 6 heteroatoms. The molecule has 2 heterocycles. The predicted octanol–water partition coefficient (Wildman–Crippen LogP) is 2.65. The fourth-order valence-corrected chi connectivity index (χ4v) is 2.84. The van der Waals surface area contributed by atoms with Crippen LogP contribution in [-0.2, 0) is 11.3 Å². The average Bonchev–Trinajstić information content (AvgIpc) is 2.99. The first-order chi connectivity index (χ1) is 11.0. The van der Waals surface area contributed by atoms with Crippen molar-refractivity contribution in [3.05, 3.63) is 18.5 Å². The molecule has 1 N–H and O–H groups in total. The predicted molar refractivity (Wildman–Crippen MR) is 90.3 cm³/mol. The van der Waals surface area contributed by atoms with Crippen LogP contribution in [0.5, 0.6) is 0 Å². The van der Waals surface area contributed by atoms with Crippen LogP contribution in [0, 0.1) is 0 Å². The van der Waals surface area contributed by atoms with E-state index in [1.807, 2.05) is 42.6 Å². The van der Waals surface area contributed by atoms with E-state index in [1.165, 1.54) is 6.42 Å². The molecule has 0 radical (unpaired) electrons. The lowest BCUT2D eigenvalue weighted by Crippen LogP contribution is -2.50. The van der Waals surface area contributed by atoms with Crippen molar-refractivity contribution < 1.29 is 9.53 Å². The summed E-state index contributed by atoms with van der Waals surface area (Å²) in [5.41, 5.74) is -0.434. The highest BCUT2D eigenvalue weighted by molar-refractivity contribution is 5.68. The monoisotopic (exact) mass is 322 g/mol. The van der Waals surface area contributed by atoms with E-state index >= 15 is 0 Å². The third-order valence-corrected chi connectivity index (χ3v) is 3.94. The Morgan fingerprint density at radius 3 is 2.91 bits per heavy atom. The van der Waals surface area contributed by atoms with Gasteiger partial charge in [0.05, 0.1) is 0 Å². The molecule has 6 nitrogen and oxygen atoms in total. The molecule has 23 heavy (non-hydrogen) atoms. The second-order valence-electron chi connectivity index (χ2n) is 7.15. The second-order valence-corrected chi connectivity index (χ2v) is 7.15. The number of hydrogen-bond donors (Lipinski definition) is 1. The summed E-state index contributed by atoms with van der Waals surface area (Å²) in [5.74, 6) is 0. The third-order valence-electron chi connectivity index (χ3n) is 3.94. The van der Waals surface area contributed by atoms with Gasteiger partial charge in [0, 0.05) is 38.1 Å². The van der Waals surface area contributed by atoms with Crippen LogP contribution in [0.4, 0.5) is 4.79 Å². The molecule has 2 rings (SSSR count). The minimum Gasteiger partial charge on any atom is -0.444 e. The van der Waals surface area contributed by atoms with Crippen LogP contribution in [0.1, 0.15) is 46.5 Å². The zero-order valence-electron chi connectivity index (χ0n) is 14.6. The van der Waals surface area contributed by atoms with Gasteiger partial charge in [-0.15, -0.1) is 0 Å². The van der Waals surface area contributed by atoms with Crippen molar-refractivity contribution in [1.82, 2.24) is 20.0 Å². The highest BCUT2D eigenvalue weighted by atomic mass is 16.6. The van der Waals surface area contributed by atoms with Gasteiger partial charge in [-0.1, -0.05) is 0 Å². The van der Waals surface area contributed by atoms with Gasteiger partial charge >= 0.3 is 6.09 Å². The molecule has 1 aromatic heterocycles. The standard InChI is InChI=1S/C17H30N4O2/c1-17(2,3)23-16(22)21-13-5-4-8-15(21)14-18-9-6-11-20-12-7-10-19-20/h7,10,12,15,18H,4-6,8-9,11,13-14H2,1-3H3. The number of ether oxygens (including phenoxy) is 1. The number of piperidine rings is 1. The molecule has 0 spiro atoms. The molecule has 1 amide bonds. The van der Waals surface area contributed by atoms with E-state index in [0.29, 0.717) is 0 Å². The molecule has 1 atom stereocenters. The fraction of sp³-hybridized carbons (Fsp3) is 0.765. The zero-order chi connectivity index (χ0) is 16.7. The molecule has 0 saturated carbocycles. The van der Waals surface area contributed by atoms with Gasteiger partial charge in [0.1, 0.15) is 5.60 Å². The summed E-state index contributed by atoms with van der Waals surface area (Å²) < 4.78 is 7.47. The zero-order valence-corrected chi connectivity index (χ0v) is 14.6. The molecule has 1 aromatic rings. The largest absolute Gasteiger partial charge is 0.444 e. The Kier molecular flexibility index (Phi) is 6.45. The van der Waals surface area contributed by atoms with Crippen molar-refractivity contribution in [3.63, 3.8) is 0 Å². The van der Waals surface area contributed by atoms with Crippen LogP contribution in [-0.4, -0.2) is 52.1 Å². The first kappa shape index (κ1) is 17.8. The number of nitrogens with one attached hydrogen (secondary N) is 1. The van der Waals surface area contributed by atoms with Crippen LogP contribution < -0.4 is 5.32 Å². The van der Waals surface area contributed by atoms with Crippen LogP contribution >= 0.6 is 0 Å². The molecular formula is C17H30N4O2. The van der Waals surface area contributed by atoms with E-state index in [4.69, 9.17) is 4.74 Å². The minimum absolute atomic E-state index is 0.180. The van der Waals surface area contributed by atoms with Gasteiger partial charge < -0.3 is 15.0 Å². The van der Waals surface area contributed by atoms with Crippen molar-refractivity contribution in [3.8, 4) is 0 Å². The topological polar surface area (TPSA) is 59.4 Å². The smallest absolute Gasteiger partial charge is 0.410 e. The number of hydrogen-bond acceptors (Lipinski definition) is 4. The fourth-order valence-electron chi connectivity index (χ4n) is 2.84. The molecule has 1 saturated heterocycles. The Bertz CT molecular complexity index is 467. The summed E-state index contributed by atoms with van der Waals surface area (Å²) in [5, 5.41) is 7.67. The van der Waals surface area contributed by atoms with Gasteiger partial charge in [-0.3, -0.25) is 4.68 Å². The van der Waals surface area contributed by atoms with Crippen LogP contribution in [0.15, 0.2) is 18.5 Å². The Morgan fingerprint density at radius 1 is 1.39 bits per heavy atom. The average molecular weight is 322 g/mol. The summed E-state index contributed by atoms with van der Waals surface area (Å²) in [7, 11) is 0. The van der Waals surface area contributed by atoms with Gasteiger partial charge in [-0.05, 0) is 59.1 Å². The highest BCUT2D eigenvalue weighted by Crippen LogP contribution is 2.20. The lowest BCUT2D eigenvalue weighted by Gasteiger charge is -2.37. The van der Waals surface area contributed by atoms with E-state index in [-0.39, 0.29) is 12.1 Å². The maximum atomic E-state index is 12.3. The normalized spacial score (nSPS) is 18.9. The van der Waals surface area contributed by atoms with E-state index < -0.39 is 5.60 Å². The molecule has 1 aliphatic rings. The van der Waals surface area contributed by atoms with Crippen molar-refractivity contribution >= 4 is 6.09 Å². The number of rotatable bonds is 6. The van der Waals surface area contributed by atoms with Crippen molar-refractivity contribution in [1.29, 1.82) is 0 Å². The molecular weight excluding hydrogens is 292 g/mol. The third kappa shape index (κ3) is 6.22. The van der Waals surface area contributed by atoms with Gasteiger partial charge in [0.25, 0.3) is 0 Å². The summed E-state index contributed by atoms with van der Waals surface area (Å²) in [4.78, 5) is 14.2. The molecule has 0 aromatic carbocycles. The number of nitrogens with zero attached hydrogens (tertiary/aromatic N) is 3. The summed E-state index contributed by atoms with van der Waals surface area (Å²) >= 11 is 0. The number of likely N-dealkylation sites (tertiary alicyclic amines) is 1. The van der Waals surface area contributed by atoms with Gasteiger partial charge in [0.15, 0.2) is 0 Å². The van der Waals surface area contributed by atoms with Gasteiger partial charge in [0.2, 0.25) is 0 Å². The first-order valence-corrected chi connectivity index (χ1v) is 8.63. The molecule has 0 aliphatic carbocycles. The molecule has 0 bridgehead atoms. The Hall–Kier alpha value is -1.56. The molecule has 1 aliphatic heterocycles. The van der Waals surface area contributed by atoms with Crippen molar-refractivity contribution in [2.75, 3.05) is 19.6 Å². The van der Waals surface area contributed by atoms with Crippen LogP contribution in [0.2, 0.25) is 0 Å². The van der Waals surface area contributed by atoms with E-state index in [1.54, 1.807) is 6.20 Å². The summed E-state index contributed by atoms with van der Waals surface area (Å²) in [6.45, 7) is 9.22. The van der Waals surface area contributed by atoms with Crippen molar-refractivity contribution in [2.24, 2.45) is 0 Å². The summed E-state index contributed by atoms with van der Waals surface area (Å²) in [6.07, 6.45) is 7.92. The second kappa shape index (κ2) is 8.34. The van der Waals surface area contributed by atoms with Crippen LogP contribution in [0.3, 0.4) is 0 Å². The number of aromatic nitrogens is 2. The highest BCUT2D eigenvalue weighted by Gasteiger charge is 2.29. The van der Waals surface area contributed by atoms with Gasteiger partial charge in [-0.25, -0.2) is 4.79 Å². The lowest BCUT2D eigenvalue weighted by atomic mass is 10.0. The number of carbonyl (C=O) groups excluding carboxylic acids is 1. The number of carbonyl (C=O) groups is 1. The maximum absolute atomic E-state index is 12.3. The minimum atomic E-state index is -0.434. The van der Waals surface area contributed by atoms with Gasteiger partial charge in [-0.2, -0.15) is 5.10 Å². The number of aryl methyl sites for hydroxylation is 1. The molecule has 1 unspecified atom stereocenters. The number of amides is 1. The van der Waals surface area contributed by atoms with E-state index in [2.05, 4.69) is 10.4 Å². The quantitative estimate of drug-likeness (QED) is 0.818. The first-order valence-electron chi connectivity index (χ1n) is 8.63. The van der Waals surface area contributed by atoms with Crippen molar-refractivity contribution in [2.45, 2.75) is 64.6 Å². The lowest BCUT2D eigenvalue weighted by molar-refractivity contribution is 0.00997. The van der Waals surface area contributed by atoms with Crippen LogP contribution in [0.25, 0.3) is 0 Å². The van der Waals surface area contributed by atoms with E-state index in [9.17, 15) is 4.79 Å². The maximum Gasteiger partial charge on any atom is 0.410 e. The SMILES string of the molecule is CC(C)(C)OC(=O)N1CCCCC1CNCCCn1cccn1. The Labute approximate surface area is 139 Å². The molecule has 130 valence electrons. The van der Waals surface area contributed by atoms with E-state index in [0.717, 1.165) is 45.4 Å². The Morgan fingerprint density at radius 2 is 2.22 bits per heavy atom. The summed E-state index contributed by atoms with van der Waals surface area (Å²) in [6, 6.07) is 2.18.